The summed E-state index contributed by atoms with van der Waals surface area (Å²) < 4.78 is 4.75. The summed E-state index contributed by atoms with van der Waals surface area (Å²) in [5.41, 5.74) is 0. The van der Waals surface area contributed by atoms with Crippen LogP contribution in [0.3, 0.4) is 0 Å². The van der Waals surface area contributed by atoms with Crippen molar-refractivity contribution < 1.29 is 14.4 Å². The van der Waals surface area contributed by atoms with E-state index in [0.29, 0.717) is 18.1 Å². The van der Waals surface area contributed by atoms with Gasteiger partial charge in [0.05, 0.1) is 6.54 Å². The van der Waals surface area contributed by atoms with Crippen LogP contribution in [0.15, 0.2) is 4.52 Å². The second kappa shape index (κ2) is 3.70. The lowest BCUT2D eigenvalue weighted by Crippen LogP contribution is -2.20. The molecule has 0 aromatic carbocycles. The Hall–Kier alpha value is -1.59. The van der Waals surface area contributed by atoms with E-state index in [1.165, 1.54) is 0 Å². The van der Waals surface area contributed by atoms with Crippen LogP contribution in [0.25, 0.3) is 0 Å². The largest absolute Gasteiger partial charge is 0.465 e. The lowest BCUT2D eigenvalue weighted by molar-refractivity contribution is 0.193. The number of carbonyl (C=O) groups is 1. The molecule has 0 aliphatic heterocycles. The maximum Gasteiger partial charge on any atom is 0.405 e. The van der Waals surface area contributed by atoms with Gasteiger partial charge in [-0.15, -0.1) is 0 Å². The minimum absolute atomic E-state index is 0.0822. The van der Waals surface area contributed by atoms with Crippen molar-refractivity contribution in [3.8, 4) is 0 Å². The molecule has 6 nitrogen and oxygen atoms in total. The highest BCUT2D eigenvalue weighted by atomic mass is 16.5. The summed E-state index contributed by atoms with van der Waals surface area (Å²) in [6.07, 6.45) is -0.446. The zero-order chi connectivity index (χ0) is 8.97. The van der Waals surface area contributed by atoms with Crippen LogP contribution in [0.2, 0.25) is 0 Å². The summed E-state index contributed by atoms with van der Waals surface area (Å²) in [6, 6.07) is 0. The highest BCUT2D eigenvalue weighted by molar-refractivity contribution is 5.64. The molecule has 0 bridgehead atoms. The lowest BCUT2D eigenvalue weighted by atomic mass is 10.5. The quantitative estimate of drug-likeness (QED) is 0.687. The molecule has 0 atom stereocenters. The summed E-state index contributed by atoms with van der Waals surface area (Å²) in [5.74, 6) is 0.867. The van der Waals surface area contributed by atoms with E-state index in [4.69, 9.17) is 9.63 Å². The van der Waals surface area contributed by atoms with Crippen LogP contribution in [0.4, 0.5) is 4.79 Å². The number of rotatable bonds is 3. The Morgan fingerprint density at radius 1 is 1.75 bits per heavy atom. The van der Waals surface area contributed by atoms with E-state index >= 15 is 0 Å². The van der Waals surface area contributed by atoms with Crippen molar-refractivity contribution in [2.75, 3.05) is 0 Å². The van der Waals surface area contributed by atoms with Crippen molar-refractivity contribution in [1.82, 2.24) is 15.5 Å². The van der Waals surface area contributed by atoms with Crippen LogP contribution in [0.5, 0.6) is 0 Å². The monoisotopic (exact) mass is 171 g/mol. The van der Waals surface area contributed by atoms with E-state index in [-0.39, 0.29) is 6.54 Å². The molecule has 0 aliphatic rings. The topological polar surface area (TPSA) is 88.2 Å². The molecule has 2 N–H and O–H groups in total. The van der Waals surface area contributed by atoms with Crippen molar-refractivity contribution in [1.29, 1.82) is 0 Å². The van der Waals surface area contributed by atoms with Crippen molar-refractivity contribution in [2.24, 2.45) is 0 Å². The van der Waals surface area contributed by atoms with Crippen molar-refractivity contribution in [3.63, 3.8) is 0 Å². The zero-order valence-corrected chi connectivity index (χ0v) is 6.57. The van der Waals surface area contributed by atoms with Crippen LogP contribution in [-0.2, 0) is 13.0 Å². The Morgan fingerprint density at radius 3 is 3.00 bits per heavy atom. The number of nitrogens with zero attached hydrogens (tertiary/aromatic N) is 2. The maximum atomic E-state index is 10.1. The number of nitrogens with one attached hydrogen (secondary N) is 1. The summed E-state index contributed by atoms with van der Waals surface area (Å²) in [6.45, 7) is 1.96. The molecule has 1 rings (SSSR count). The Bertz CT molecular complexity index is 271. The van der Waals surface area contributed by atoms with Gasteiger partial charge in [-0.1, -0.05) is 12.1 Å². The molecule has 66 valence electrons. The lowest BCUT2D eigenvalue weighted by Gasteiger charge is -1.91. The molecule has 1 amide bonds. The number of hydrogen-bond acceptors (Lipinski definition) is 4. The molecule has 0 spiro atoms. The molecular formula is C6H9N3O3. The number of carboxylic acid groups (broad SMARTS) is 1. The van der Waals surface area contributed by atoms with Gasteiger partial charge in [0.2, 0.25) is 5.89 Å². The number of aromatic nitrogens is 2. The van der Waals surface area contributed by atoms with E-state index in [2.05, 4.69) is 15.5 Å². The average Bonchev–Trinajstić information content (AvgIpc) is 2.48. The van der Waals surface area contributed by atoms with E-state index in [1.54, 1.807) is 0 Å². The maximum absolute atomic E-state index is 10.1. The van der Waals surface area contributed by atoms with Gasteiger partial charge in [-0.25, -0.2) is 4.79 Å². The number of amides is 1. The highest BCUT2D eigenvalue weighted by Crippen LogP contribution is 1.96. The van der Waals surface area contributed by atoms with Gasteiger partial charge >= 0.3 is 6.09 Å². The van der Waals surface area contributed by atoms with Crippen molar-refractivity contribution in [2.45, 2.75) is 19.9 Å². The van der Waals surface area contributed by atoms with Crippen molar-refractivity contribution in [3.05, 3.63) is 11.7 Å². The second-order valence-electron chi connectivity index (χ2n) is 2.12. The first-order chi connectivity index (χ1) is 5.72. The summed E-state index contributed by atoms with van der Waals surface area (Å²) in [5, 5.41) is 13.9. The predicted octanol–water partition coefficient (Wildman–Crippen LogP) is 0.400. The third-order valence-corrected chi connectivity index (χ3v) is 1.21. The molecule has 1 heterocycles. The fourth-order valence-corrected chi connectivity index (χ4v) is 0.660. The molecule has 0 unspecified atom stereocenters. The first-order valence-electron chi connectivity index (χ1n) is 3.50. The van der Waals surface area contributed by atoms with Crippen LogP contribution in [-0.4, -0.2) is 21.3 Å². The van der Waals surface area contributed by atoms with Crippen LogP contribution in [0.1, 0.15) is 18.6 Å². The molecule has 6 heteroatoms. The highest BCUT2D eigenvalue weighted by Gasteiger charge is 2.04. The zero-order valence-electron chi connectivity index (χ0n) is 6.57. The van der Waals surface area contributed by atoms with E-state index in [9.17, 15) is 4.79 Å². The molecule has 0 radical (unpaired) electrons. The summed E-state index contributed by atoms with van der Waals surface area (Å²) >= 11 is 0. The molecule has 1 aromatic rings. The van der Waals surface area contributed by atoms with E-state index in [1.807, 2.05) is 6.92 Å². The molecule has 12 heavy (non-hydrogen) atoms. The Kier molecular flexibility index (Phi) is 2.62. The second-order valence-corrected chi connectivity index (χ2v) is 2.12. The summed E-state index contributed by atoms with van der Waals surface area (Å²) in [7, 11) is 0. The van der Waals surface area contributed by atoms with Gasteiger partial charge in [0.1, 0.15) is 0 Å². The minimum atomic E-state index is -1.10. The van der Waals surface area contributed by atoms with Crippen LogP contribution < -0.4 is 5.32 Å². The summed E-state index contributed by atoms with van der Waals surface area (Å²) in [4.78, 5) is 13.9. The molecule has 0 saturated carbocycles. The first-order valence-corrected chi connectivity index (χ1v) is 3.50. The number of aryl methyl sites for hydroxylation is 1. The number of hydrogen-bond donors (Lipinski definition) is 2. The Balaban J connectivity index is 2.47. The van der Waals surface area contributed by atoms with E-state index < -0.39 is 6.09 Å². The van der Waals surface area contributed by atoms with Crippen LogP contribution >= 0.6 is 0 Å². The fraction of sp³-hybridized carbons (Fsp3) is 0.500. The van der Waals surface area contributed by atoms with Gasteiger partial charge in [-0.05, 0) is 0 Å². The fourth-order valence-electron chi connectivity index (χ4n) is 0.660. The van der Waals surface area contributed by atoms with Gasteiger partial charge in [-0.2, -0.15) is 4.98 Å². The Morgan fingerprint density at radius 2 is 2.50 bits per heavy atom. The molecular weight excluding hydrogens is 162 g/mol. The van der Waals surface area contributed by atoms with Gasteiger partial charge in [0, 0.05) is 6.42 Å². The predicted molar refractivity (Wildman–Crippen MR) is 38.5 cm³/mol. The van der Waals surface area contributed by atoms with Gasteiger partial charge < -0.3 is 14.9 Å². The average molecular weight is 171 g/mol. The van der Waals surface area contributed by atoms with Crippen molar-refractivity contribution >= 4 is 6.09 Å². The first kappa shape index (κ1) is 8.51. The molecule has 0 fully saturated rings. The molecule has 1 aromatic heterocycles. The van der Waals surface area contributed by atoms with Crippen LogP contribution in [0, 0.1) is 0 Å². The SMILES string of the molecule is CCc1nc(CNC(=O)O)no1. The van der Waals surface area contributed by atoms with Gasteiger partial charge in [0.15, 0.2) is 5.82 Å². The smallest absolute Gasteiger partial charge is 0.405 e. The third kappa shape index (κ3) is 2.22. The minimum Gasteiger partial charge on any atom is -0.465 e. The molecule has 0 saturated heterocycles. The molecule has 0 aliphatic carbocycles. The van der Waals surface area contributed by atoms with Gasteiger partial charge in [-0.3, -0.25) is 0 Å². The van der Waals surface area contributed by atoms with E-state index in [0.717, 1.165) is 0 Å². The Labute approximate surface area is 68.6 Å². The normalized spacial score (nSPS) is 9.75. The van der Waals surface area contributed by atoms with Gasteiger partial charge in [0.25, 0.3) is 0 Å². The third-order valence-electron chi connectivity index (χ3n) is 1.21. The standard InChI is InChI=1S/C6H9N3O3/c1-2-5-8-4(9-12-5)3-7-6(10)11/h7H,2-3H2,1H3,(H,10,11).